The van der Waals surface area contributed by atoms with Crippen LogP contribution >= 0.6 is 0 Å². The minimum atomic E-state index is -3.75. The van der Waals surface area contributed by atoms with E-state index < -0.39 is 28.0 Å². The van der Waals surface area contributed by atoms with Crippen LogP contribution in [0.15, 0.2) is 47.5 Å². The van der Waals surface area contributed by atoms with Crippen molar-refractivity contribution < 1.29 is 18.3 Å². The minimum absolute atomic E-state index is 0.128. The van der Waals surface area contributed by atoms with Crippen molar-refractivity contribution in [2.75, 3.05) is 5.32 Å². The monoisotopic (exact) mass is 319 g/mol. The SMILES string of the molecule is CCC(C(=O)[O-])C1Nc2ccccc2S(=O)(=O)n2cccc21. The summed E-state index contributed by atoms with van der Waals surface area (Å²) in [5.41, 5.74) is 0.795. The minimum Gasteiger partial charge on any atom is -0.550 e. The van der Waals surface area contributed by atoms with Gasteiger partial charge in [0.05, 0.1) is 17.4 Å². The molecule has 0 saturated carbocycles. The molecule has 1 aromatic carbocycles. The van der Waals surface area contributed by atoms with Crippen molar-refractivity contribution in [2.45, 2.75) is 24.3 Å². The zero-order chi connectivity index (χ0) is 15.9. The summed E-state index contributed by atoms with van der Waals surface area (Å²) in [7, 11) is -3.75. The molecule has 0 aliphatic carbocycles. The number of nitrogens with one attached hydrogen (secondary N) is 1. The van der Waals surface area contributed by atoms with Crippen LogP contribution < -0.4 is 10.4 Å². The third-order valence-corrected chi connectivity index (χ3v) is 5.70. The van der Waals surface area contributed by atoms with E-state index in [1.165, 1.54) is 12.3 Å². The Morgan fingerprint density at radius 2 is 2.05 bits per heavy atom. The molecule has 116 valence electrons. The van der Waals surface area contributed by atoms with E-state index in [0.29, 0.717) is 17.8 Å². The molecular formula is C15H15N2O4S-. The number of carbonyl (C=O) groups is 1. The summed E-state index contributed by atoms with van der Waals surface area (Å²) in [5.74, 6) is -2.04. The van der Waals surface area contributed by atoms with Gasteiger partial charge in [-0.25, -0.2) is 12.4 Å². The molecule has 22 heavy (non-hydrogen) atoms. The number of carboxylic acid groups (broad SMARTS) is 1. The van der Waals surface area contributed by atoms with E-state index in [-0.39, 0.29) is 4.90 Å². The number of anilines is 1. The second kappa shape index (κ2) is 5.17. The van der Waals surface area contributed by atoms with Gasteiger partial charge < -0.3 is 15.2 Å². The molecule has 1 aromatic heterocycles. The summed E-state index contributed by atoms with van der Waals surface area (Å²) in [4.78, 5) is 11.6. The van der Waals surface area contributed by atoms with Gasteiger partial charge in [0.2, 0.25) is 0 Å². The Labute approximate surface area is 128 Å². The van der Waals surface area contributed by atoms with E-state index in [0.717, 1.165) is 3.97 Å². The maximum Gasteiger partial charge on any atom is 0.269 e. The first-order valence-electron chi connectivity index (χ1n) is 6.96. The van der Waals surface area contributed by atoms with Gasteiger partial charge in [-0.2, -0.15) is 0 Å². The number of carbonyl (C=O) groups excluding carboxylic acids is 1. The molecule has 1 aliphatic heterocycles. The normalized spacial score (nSPS) is 20.1. The Kier molecular flexibility index (Phi) is 3.44. The van der Waals surface area contributed by atoms with Crippen LogP contribution in [0.5, 0.6) is 0 Å². The third kappa shape index (κ3) is 2.09. The fourth-order valence-electron chi connectivity index (χ4n) is 2.84. The van der Waals surface area contributed by atoms with Gasteiger partial charge in [0.25, 0.3) is 10.0 Å². The molecule has 0 saturated heterocycles. The topological polar surface area (TPSA) is 91.2 Å². The highest BCUT2D eigenvalue weighted by Gasteiger charge is 2.34. The van der Waals surface area contributed by atoms with Crippen LogP contribution in [-0.2, 0) is 14.8 Å². The smallest absolute Gasteiger partial charge is 0.269 e. The predicted molar refractivity (Wildman–Crippen MR) is 78.6 cm³/mol. The summed E-state index contributed by atoms with van der Waals surface area (Å²) >= 11 is 0. The zero-order valence-corrected chi connectivity index (χ0v) is 12.7. The number of aliphatic carboxylic acids is 1. The molecule has 0 bridgehead atoms. The van der Waals surface area contributed by atoms with E-state index in [1.54, 1.807) is 37.3 Å². The van der Waals surface area contributed by atoms with E-state index >= 15 is 0 Å². The Hall–Kier alpha value is -2.28. The molecule has 1 aliphatic rings. The van der Waals surface area contributed by atoms with Crippen LogP contribution in [-0.4, -0.2) is 18.4 Å². The van der Waals surface area contributed by atoms with E-state index in [1.807, 2.05) is 0 Å². The third-order valence-electron chi connectivity index (χ3n) is 3.94. The van der Waals surface area contributed by atoms with Crippen molar-refractivity contribution in [1.29, 1.82) is 0 Å². The van der Waals surface area contributed by atoms with Gasteiger partial charge in [-0.1, -0.05) is 19.1 Å². The molecule has 7 heteroatoms. The van der Waals surface area contributed by atoms with Crippen molar-refractivity contribution in [1.82, 2.24) is 3.97 Å². The molecule has 0 fully saturated rings. The maximum absolute atomic E-state index is 12.8. The molecule has 0 radical (unpaired) electrons. The lowest BCUT2D eigenvalue weighted by atomic mass is 9.94. The molecule has 2 aromatic rings. The number of hydrogen-bond acceptors (Lipinski definition) is 5. The summed E-state index contributed by atoms with van der Waals surface area (Å²) in [6, 6.07) is 9.02. The highest BCUT2D eigenvalue weighted by atomic mass is 32.2. The number of benzene rings is 1. The molecule has 2 unspecified atom stereocenters. The van der Waals surface area contributed by atoms with E-state index in [2.05, 4.69) is 5.32 Å². The van der Waals surface area contributed by atoms with Gasteiger partial charge >= 0.3 is 0 Å². The second-order valence-electron chi connectivity index (χ2n) is 5.19. The Morgan fingerprint density at radius 1 is 1.32 bits per heavy atom. The number of para-hydroxylation sites is 1. The van der Waals surface area contributed by atoms with Crippen LogP contribution in [0.4, 0.5) is 5.69 Å². The van der Waals surface area contributed by atoms with Crippen molar-refractivity contribution >= 4 is 21.7 Å². The van der Waals surface area contributed by atoms with Gasteiger partial charge in [0.15, 0.2) is 0 Å². The summed E-state index contributed by atoms with van der Waals surface area (Å²) in [6.45, 7) is 1.74. The van der Waals surface area contributed by atoms with Gasteiger partial charge in [-0.3, -0.25) is 0 Å². The van der Waals surface area contributed by atoms with Crippen LogP contribution in [0.1, 0.15) is 25.1 Å². The lowest BCUT2D eigenvalue weighted by Crippen LogP contribution is -2.37. The highest BCUT2D eigenvalue weighted by Crippen LogP contribution is 2.37. The second-order valence-corrected chi connectivity index (χ2v) is 6.97. The average molecular weight is 319 g/mol. The summed E-state index contributed by atoms with van der Waals surface area (Å²) in [6.07, 6.45) is 1.76. The van der Waals surface area contributed by atoms with Crippen molar-refractivity contribution in [3.8, 4) is 0 Å². The fourth-order valence-corrected chi connectivity index (χ4v) is 4.39. The van der Waals surface area contributed by atoms with Crippen LogP contribution in [0.2, 0.25) is 0 Å². The number of fused-ring (bicyclic) bond motifs is 2. The van der Waals surface area contributed by atoms with Crippen LogP contribution in [0.25, 0.3) is 0 Å². The van der Waals surface area contributed by atoms with Crippen molar-refractivity contribution in [3.05, 3.63) is 48.3 Å². The first kappa shape index (κ1) is 14.6. The quantitative estimate of drug-likeness (QED) is 0.910. The maximum atomic E-state index is 12.8. The summed E-state index contributed by atoms with van der Waals surface area (Å²) < 4.78 is 26.7. The highest BCUT2D eigenvalue weighted by molar-refractivity contribution is 7.90. The van der Waals surface area contributed by atoms with Crippen LogP contribution in [0, 0.1) is 5.92 Å². The van der Waals surface area contributed by atoms with Crippen LogP contribution in [0.3, 0.4) is 0 Å². The lowest BCUT2D eigenvalue weighted by molar-refractivity contribution is -0.312. The fraction of sp³-hybridized carbons (Fsp3) is 0.267. The number of hydrogen-bond donors (Lipinski definition) is 1. The molecule has 6 nitrogen and oxygen atoms in total. The van der Waals surface area contributed by atoms with Gasteiger partial charge in [-0.05, 0) is 30.7 Å². The molecular weight excluding hydrogens is 304 g/mol. The average Bonchev–Trinajstić information content (AvgIpc) is 2.94. The zero-order valence-electron chi connectivity index (χ0n) is 11.9. The molecule has 0 spiro atoms. The van der Waals surface area contributed by atoms with E-state index in [9.17, 15) is 18.3 Å². The Balaban J connectivity index is 2.27. The Morgan fingerprint density at radius 3 is 2.73 bits per heavy atom. The first-order chi connectivity index (χ1) is 10.5. The van der Waals surface area contributed by atoms with E-state index in [4.69, 9.17) is 0 Å². The number of rotatable bonds is 3. The molecule has 3 rings (SSSR count). The molecule has 2 heterocycles. The number of carboxylic acids is 1. The summed E-state index contributed by atoms with van der Waals surface area (Å²) in [5, 5.41) is 14.5. The van der Waals surface area contributed by atoms with Crippen molar-refractivity contribution in [2.24, 2.45) is 5.92 Å². The lowest BCUT2D eigenvalue weighted by Gasteiger charge is -2.27. The van der Waals surface area contributed by atoms with Gasteiger partial charge in [0, 0.05) is 18.1 Å². The number of aromatic nitrogens is 1. The molecule has 2 atom stereocenters. The first-order valence-corrected chi connectivity index (χ1v) is 8.40. The largest absolute Gasteiger partial charge is 0.550 e. The number of nitrogens with zero attached hydrogens (tertiary/aromatic N) is 1. The van der Waals surface area contributed by atoms with Gasteiger partial charge in [-0.15, -0.1) is 0 Å². The van der Waals surface area contributed by atoms with Crippen molar-refractivity contribution in [3.63, 3.8) is 0 Å². The van der Waals surface area contributed by atoms with Gasteiger partial charge in [0.1, 0.15) is 4.90 Å². The molecule has 1 N–H and O–H groups in total. The predicted octanol–water partition coefficient (Wildman–Crippen LogP) is 0.968. The molecule has 0 amide bonds. The standard InChI is InChI=1S/C15H16N2O4S/c1-2-10(15(18)19)14-12-7-5-9-17(12)22(20,21)13-8-4-3-6-11(13)16-14/h3-10,14,16H,2H2,1H3,(H,18,19)/p-1. The Bertz CT molecular complexity index is 826.